The van der Waals surface area contributed by atoms with E-state index in [1.165, 1.54) is 57.8 Å². The molecule has 0 bridgehead atoms. The van der Waals surface area contributed by atoms with E-state index >= 15 is 0 Å². The average Bonchev–Trinajstić information content (AvgIpc) is 3.33. The van der Waals surface area contributed by atoms with Gasteiger partial charge in [0, 0.05) is 19.3 Å². The number of allylic oxidation sites excluding steroid dienone is 22. The molecule has 0 aromatic carbocycles. The van der Waals surface area contributed by atoms with Gasteiger partial charge < -0.3 is 14.2 Å². The number of unbranched alkanes of at least 4 members (excludes halogenated alkanes) is 16. The predicted octanol–water partition coefficient (Wildman–Crippen LogP) is 17.9. The Morgan fingerprint density at radius 3 is 1.15 bits per heavy atom. The van der Waals surface area contributed by atoms with Crippen molar-refractivity contribution in [1.82, 2.24) is 0 Å². The van der Waals surface area contributed by atoms with Crippen LogP contribution in [0.4, 0.5) is 0 Å². The Labute approximate surface area is 411 Å². The van der Waals surface area contributed by atoms with Gasteiger partial charge in [-0.25, -0.2) is 0 Å². The highest BCUT2D eigenvalue weighted by Gasteiger charge is 2.19. The summed E-state index contributed by atoms with van der Waals surface area (Å²) >= 11 is 0. The Morgan fingerprint density at radius 1 is 0.328 bits per heavy atom. The third kappa shape index (κ3) is 52.4. The molecule has 0 rings (SSSR count). The zero-order chi connectivity index (χ0) is 48.6. The number of hydrogen-bond acceptors (Lipinski definition) is 6. The lowest BCUT2D eigenvalue weighted by Crippen LogP contribution is -2.30. The van der Waals surface area contributed by atoms with Crippen molar-refractivity contribution in [3.63, 3.8) is 0 Å². The summed E-state index contributed by atoms with van der Waals surface area (Å²) < 4.78 is 16.7. The summed E-state index contributed by atoms with van der Waals surface area (Å²) in [7, 11) is 0. The van der Waals surface area contributed by atoms with Crippen molar-refractivity contribution in [2.75, 3.05) is 13.2 Å². The van der Waals surface area contributed by atoms with Crippen molar-refractivity contribution in [1.29, 1.82) is 0 Å². The van der Waals surface area contributed by atoms with Gasteiger partial charge in [-0.15, -0.1) is 0 Å². The van der Waals surface area contributed by atoms with E-state index in [0.717, 1.165) is 109 Å². The van der Waals surface area contributed by atoms with Crippen LogP contribution in [0.3, 0.4) is 0 Å². The van der Waals surface area contributed by atoms with Crippen molar-refractivity contribution in [2.24, 2.45) is 0 Å². The number of carbonyl (C=O) groups is 3. The van der Waals surface area contributed by atoms with Crippen LogP contribution in [0.5, 0.6) is 0 Å². The van der Waals surface area contributed by atoms with Crippen LogP contribution in [-0.2, 0) is 28.6 Å². The SMILES string of the molecule is CC/C=C/C=C/C=C/C=C/CCCCCC(=O)OCC(COC(=O)CCCCCCCC/C=C/C/C=C/C/C=C/C/C=C/CC)OC(=O)CCC/C=C/C/C=C/C/C=C/CCCCCCCC. The van der Waals surface area contributed by atoms with Crippen LogP contribution in [0.2, 0.25) is 0 Å². The first-order valence-corrected chi connectivity index (χ1v) is 26.7. The van der Waals surface area contributed by atoms with Gasteiger partial charge in [0.2, 0.25) is 0 Å². The summed E-state index contributed by atoms with van der Waals surface area (Å²) in [6.07, 6.45) is 75.9. The quantitative estimate of drug-likeness (QED) is 0.0199. The van der Waals surface area contributed by atoms with Gasteiger partial charge in [-0.05, 0) is 109 Å². The van der Waals surface area contributed by atoms with E-state index in [1.807, 2.05) is 36.5 Å². The van der Waals surface area contributed by atoms with Crippen molar-refractivity contribution in [2.45, 2.75) is 219 Å². The maximum atomic E-state index is 12.8. The smallest absolute Gasteiger partial charge is 0.306 e. The minimum atomic E-state index is -0.832. The van der Waals surface area contributed by atoms with E-state index in [2.05, 4.69) is 118 Å². The number of esters is 3. The van der Waals surface area contributed by atoms with Gasteiger partial charge >= 0.3 is 17.9 Å². The normalized spacial score (nSPS) is 13.2. The molecule has 1 unspecified atom stereocenters. The van der Waals surface area contributed by atoms with Crippen LogP contribution in [-0.4, -0.2) is 37.2 Å². The number of rotatable bonds is 46. The molecular formula is C61H96O6. The molecule has 1 atom stereocenters. The minimum absolute atomic E-state index is 0.123. The van der Waals surface area contributed by atoms with Crippen LogP contribution < -0.4 is 0 Å². The van der Waals surface area contributed by atoms with Crippen LogP contribution in [0.25, 0.3) is 0 Å². The highest BCUT2D eigenvalue weighted by molar-refractivity contribution is 5.71. The van der Waals surface area contributed by atoms with Crippen LogP contribution in [0.15, 0.2) is 134 Å². The van der Waals surface area contributed by atoms with Gasteiger partial charge in [0.05, 0.1) is 0 Å². The molecule has 6 nitrogen and oxygen atoms in total. The van der Waals surface area contributed by atoms with Gasteiger partial charge in [-0.2, -0.15) is 0 Å². The lowest BCUT2D eigenvalue weighted by molar-refractivity contribution is -0.167. The second kappa shape index (κ2) is 54.2. The molecule has 0 spiro atoms. The third-order valence-corrected chi connectivity index (χ3v) is 10.7. The molecule has 0 aliphatic rings. The summed E-state index contributed by atoms with van der Waals surface area (Å²) in [5, 5.41) is 0. The standard InChI is InChI=1S/C61H96O6/c1-4-7-10-13-16-19-22-25-27-29-30-32-33-36-39-42-45-48-51-54-60(63)66-57-58(56-65-59(62)53-50-47-44-41-38-35-24-21-18-15-12-9-6-3)67-61(64)55-52-49-46-43-40-37-34-31-28-26-23-20-17-14-11-8-5-2/h7,9-10,12,15-16,18-19,21,24-28,30,32,34-35,37-38,43,46,58H,4-6,8,11,13-14,17,20,22-23,29,31,33,36,39-42,44-45,47-57H2,1-3H3/b10-7+,12-9+,18-15+,19-16+,24-21+,27-25+,28-26+,32-30+,37-34+,38-35+,46-43+. The largest absolute Gasteiger partial charge is 0.462 e. The second-order valence-electron chi connectivity index (χ2n) is 17.1. The highest BCUT2D eigenvalue weighted by atomic mass is 16.6. The number of ether oxygens (including phenoxy) is 3. The van der Waals surface area contributed by atoms with E-state index in [0.29, 0.717) is 19.3 Å². The summed E-state index contributed by atoms with van der Waals surface area (Å²) in [4.78, 5) is 38.0. The number of carbonyl (C=O) groups excluding carboxylic acids is 3. The Bertz CT molecular complexity index is 1480. The topological polar surface area (TPSA) is 78.9 Å². The van der Waals surface area contributed by atoms with E-state index in [4.69, 9.17) is 14.2 Å². The van der Waals surface area contributed by atoms with Gasteiger partial charge in [0.1, 0.15) is 13.2 Å². The molecule has 0 N–H and O–H groups in total. The molecule has 0 fully saturated rings. The molecule has 0 heterocycles. The van der Waals surface area contributed by atoms with Crippen LogP contribution in [0, 0.1) is 0 Å². The highest BCUT2D eigenvalue weighted by Crippen LogP contribution is 2.12. The molecule has 67 heavy (non-hydrogen) atoms. The third-order valence-electron chi connectivity index (χ3n) is 10.7. The average molecular weight is 925 g/mol. The molecule has 0 aliphatic carbocycles. The first-order valence-electron chi connectivity index (χ1n) is 26.7. The van der Waals surface area contributed by atoms with Crippen LogP contribution >= 0.6 is 0 Å². The second-order valence-corrected chi connectivity index (χ2v) is 17.1. The molecule has 0 aliphatic heterocycles. The monoisotopic (exact) mass is 925 g/mol. The minimum Gasteiger partial charge on any atom is -0.462 e. The van der Waals surface area contributed by atoms with Crippen LogP contribution in [0.1, 0.15) is 213 Å². The van der Waals surface area contributed by atoms with Gasteiger partial charge in [0.25, 0.3) is 0 Å². The fraction of sp³-hybridized carbons (Fsp3) is 0.590. The molecule has 0 aromatic heterocycles. The molecule has 0 saturated carbocycles. The molecule has 376 valence electrons. The molecule has 0 radical (unpaired) electrons. The Hall–Kier alpha value is -4.45. The number of hydrogen-bond donors (Lipinski definition) is 0. The molecule has 6 heteroatoms. The van der Waals surface area contributed by atoms with Gasteiger partial charge in [-0.3, -0.25) is 14.4 Å². The molecule has 0 amide bonds. The van der Waals surface area contributed by atoms with E-state index < -0.39 is 6.10 Å². The Morgan fingerprint density at radius 2 is 0.672 bits per heavy atom. The molecular weight excluding hydrogens is 829 g/mol. The van der Waals surface area contributed by atoms with E-state index in [-0.39, 0.29) is 37.5 Å². The fourth-order valence-electron chi connectivity index (χ4n) is 6.75. The first kappa shape index (κ1) is 62.5. The van der Waals surface area contributed by atoms with Crippen molar-refractivity contribution >= 4 is 17.9 Å². The summed E-state index contributed by atoms with van der Waals surface area (Å²) in [6, 6.07) is 0. The van der Waals surface area contributed by atoms with Crippen molar-refractivity contribution < 1.29 is 28.6 Å². The van der Waals surface area contributed by atoms with E-state index in [9.17, 15) is 14.4 Å². The summed E-state index contributed by atoms with van der Waals surface area (Å²) in [5.74, 6) is -1.04. The summed E-state index contributed by atoms with van der Waals surface area (Å²) in [6.45, 7) is 6.27. The van der Waals surface area contributed by atoms with Crippen molar-refractivity contribution in [3.8, 4) is 0 Å². The summed E-state index contributed by atoms with van der Waals surface area (Å²) in [5.41, 5.74) is 0. The molecule has 0 saturated heterocycles. The lowest BCUT2D eigenvalue weighted by Gasteiger charge is -2.18. The predicted molar refractivity (Wildman–Crippen MR) is 288 cm³/mol. The van der Waals surface area contributed by atoms with Gasteiger partial charge in [0.15, 0.2) is 6.10 Å². The zero-order valence-electron chi connectivity index (χ0n) is 42.9. The van der Waals surface area contributed by atoms with E-state index in [1.54, 1.807) is 0 Å². The van der Waals surface area contributed by atoms with Gasteiger partial charge in [-0.1, -0.05) is 219 Å². The van der Waals surface area contributed by atoms with Crippen molar-refractivity contribution in [3.05, 3.63) is 134 Å². The Kier molecular flexibility index (Phi) is 50.6. The Balaban J connectivity index is 4.55. The first-order chi connectivity index (χ1) is 33.0. The molecule has 0 aromatic rings. The maximum Gasteiger partial charge on any atom is 0.306 e. The fourth-order valence-corrected chi connectivity index (χ4v) is 6.75. The maximum absolute atomic E-state index is 12.8. The zero-order valence-corrected chi connectivity index (χ0v) is 42.9. The lowest BCUT2D eigenvalue weighted by atomic mass is 10.1.